The average molecular weight is 237 g/mol. The van der Waals surface area contributed by atoms with E-state index in [1.165, 1.54) is 0 Å². The van der Waals surface area contributed by atoms with Gasteiger partial charge in [-0.2, -0.15) is 0 Å². The van der Waals surface area contributed by atoms with Gasteiger partial charge in [0.05, 0.1) is 5.56 Å². The van der Waals surface area contributed by atoms with Crippen molar-refractivity contribution < 1.29 is 4.42 Å². The summed E-state index contributed by atoms with van der Waals surface area (Å²) < 4.78 is 5.25. The molecule has 0 amide bonds. The molecule has 0 unspecified atom stereocenters. The summed E-state index contributed by atoms with van der Waals surface area (Å²) in [6.07, 6.45) is 1.72. The van der Waals surface area contributed by atoms with Crippen molar-refractivity contribution in [3.05, 3.63) is 23.1 Å². The predicted octanol–water partition coefficient (Wildman–Crippen LogP) is 2.60. The molecule has 0 bridgehead atoms. The highest BCUT2D eigenvalue weighted by atomic mass is 32.1. The molecule has 0 radical (unpaired) electrons. The first-order chi connectivity index (χ1) is 7.65. The minimum Gasteiger partial charge on any atom is -0.469 e. The first kappa shape index (κ1) is 11.3. The molecule has 0 saturated carbocycles. The Morgan fingerprint density at radius 3 is 2.88 bits per heavy atom. The fourth-order valence-electron chi connectivity index (χ4n) is 1.29. The molecule has 4 nitrogen and oxygen atoms in total. The molecular weight excluding hydrogens is 222 g/mol. The number of hydrogen-bond acceptors (Lipinski definition) is 5. The van der Waals surface area contributed by atoms with Crippen LogP contribution in [-0.4, -0.2) is 16.2 Å². The van der Waals surface area contributed by atoms with E-state index in [-0.39, 0.29) is 0 Å². The van der Waals surface area contributed by atoms with Crippen molar-refractivity contribution in [1.29, 1.82) is 0 Å². The van der Waals surface area contributed by atoms with E-state index in [2.05, 4.69) is 29.4 Å². The van der Waals surface area contributed by atoms with Crippen LogP contribution in [0.2, 0.25) is 0 Å². The third kappa shape index (κ3) is 2.68. The summed E-state index contributed by atoms with van der Waals surface area (Å²) in [5.74, 6) is 0.895. The van der Waals surface area contributed by atoms with Gasteiger partial charge in [-0.15, -0.1) is 10.2 Å². The maximum absolute atomic E-state index is 5.25. The van der Waals surface area contributed by atoms with Gasteiger partial charge in [0.2, 0.25) is 0 Å². The van der Waals surface area contributed by atoms with Crippen LogP contribution >= 0.6 is 11.3 Å². The maximum Gasteiger partial charge on any atom is 0.151 e. The van der Waals surface area contributed by atoms with Gasteiger partial charge in [-0.3, -0.25) is 0 Å². The zero-order valence-electron chi connectivity index (χ0n) is 9.65. The van der Waals surface area contributed by atoms with Crippen LogP contribution in [0.1, 0.15) is 24.6 Å². The van der Waals surface area contributed by atoms with E-state index in [4.69, 9.17) is 4.42 Å². The van der Waals surface area contributed by atoms with Crippen LogP contribution in [0.3, 0.4) is 0 Å². The van der Waals surface area contributed by atoms with Crippen LogP contribution in [0, 0.1) is 6.92 Å². The molecule has 0 spiro atoms. The molecule has 1 N–H and O–H groups in total. The van der Waals surface area contributed by atoms with Crippen LogP contribution in [0.4, 0.5) is 0 Å². The minimum absolute atomic E-state index is 0.462. The molecule has 2 heterocycles. The van der Waals surface area contributed by atoms with Gasteiger partial charge in [-0.05, 0) is 13.0 Å². The normalized spacial score (nSPS) is 11.2. The van der Waals surface area contributed by atoms with Crippen molar-refractivity contribution in [3.8, 4) is 10.6 Å². The maximum atomic E-state index is 5.25. The highest BCUT2D eigenvalue weighted by Crippen LogP contribution is 2.25. The standard InChI is InChI=1S/C11H15N3OS/c1-7(2)12-5-10-13-14-11(16-10)9-4-8(3)15-6-9/h4,6-7,12H,5H2,1-3H3. The van der Waals surface area contributed by atoms with Crippen LogP contribution in [-0.2, 0) is 6.54 Å². The molecule has 0 atom stereocenters. The molecule has 2 aromatic heterocycles. The first-order valence-electron chi connectivity index (χ1n) is 5.26. The van der Waals surface area contributed by atoms with Gasteiger partial charge in [0.15, 0.2) is 5.01 Å². The summed E-state index contributed by atoms with van der Waals surface area (Å²) >= 11 is 1.60. The van der Waals surface area contributed by atoms with E-state index >= 15 is 0 Å². The summed E-state index contributed by atoms with van der Waals surface area (Å²) in [6, 6.07) is 2.43. The number of nitrogens with one attached hydrogen (secondary N) is 1. The Bertz CT molecular complexity index is 461. The van der Waals surface area contributed by atoms with Crippen LogP contribution in [0.25, 0.3) is 10.6 Å². The number of hydrogen-bond donors (Lipinski definition) is 1. The van der Waals surface area contributed by atoms with Gasteiger partial charge in [0.1, 0.15) is 17.0 Å². The fourth-order valence-corrected chi connectivity index (χ4v) is 2.06. The van der Waals surface area contributed by atoms with Crippen LogP contribution in [0.5, 0.6) is 0 Å². The van der Waals surface area contributed by atoms with E-state index < -0.39 is 0 Å². The van der Waals surface area contributed by atoms with E-state index in [1.807, 2.05) is 13.0 Å². The molecule has 5 heteroatoms. The van der Waals surface area contributed by atoms with E-state index in [0.29, 0.717) is 6.04 Å². The lowest BCUT2D eigenvalue weighted by molar-refractivity contribution is 0.535. The Labute approximate surface area is 98.7 Å². The topological polar surface area (TPSA) is 51.0 Å². The fraction of sp³-hybridized carbons (Fsp3) is 0.455. The van der Waals surface area contributed by atoms with Crippen molar-refractivity contribution >= 4 is 11.3 Å². The molecule has 0 aliphatic carbocycles. The summed E-state index contributed by atoms with van der Waals surface area (Å²) in [5, 5.41) is 13.5. The highest BCUT2D eigenvalue weighted by Gasteiger charge is 2.08. The lowest BCUT2D eigenvalue weighted by Gasteiger charge is -2.03. The summed E-state index contributed by atoms with van der Waals surface area (Å²) in [5.41, 5.74) is 1.01. The largest absolute Gasteiger partial charge is 0.469 e. The molecule has 0 aromatic carbocycles. The Morgan fingerprint density at radius 2 is 2.25 bits per heavy atom. The van der Waals surface area contributed by atoms with Gasteiger partial charge in [0, 0.05) is 12.6 Å². The minimum atomic E-state index is 0.462. The van der Waals surface area contributed by atoms with E-state index in [1.54, 1.807) is 17.6 Å². The van der Waals surface area contributed by atoms with Crippen LogP contribution < -0.4 is 5.32 Å². The second kappa shape index (κ2) is 4.76. The average Bonchev–Trinajstić information content (AvgIpc) is 2.83. The van der Waals surface area contributed by atoms with Gasteiger partial charge >= 0.3 is 0 Å². The predicted molar refractivity (Wildman–Crippen MR) is 64.3 cm³/mol. The number of rotatable bonds is 4. The number of furan rings is 1. The Balaban J connectivity index is 2.07. The number of aromatic nitrogens is 2. The molecule has 86 valence electrons. The van der Waals surface area contributed by atoms with E-state index in [9.17, 15) is 0 Å². The van der Waals surface area contributed by atoms with Crippen LogP contribution in [0.15, 0.2) is 16.7 Å². The zero-order chi connectivity index (χ0) is 11.5. The lowest BCUT2D eigenvalue weighted by atomic mass is 10.3. The van der Waals surface area contributed by atoms with Gasteiger partial charge < -0.3 is 9.73 Å². The Hall–Kier alpha value is -1.20. The number of aryl methyl sites for hydroxylation is 1. The van der Waals surface area contributed by atoms with Crippen molar-refractivity contribution in [3.63, 3.8) is 0 Å². The van der Waals surface area contributed by atoms with E-state index in [0.717, 1.165) is 27.9 Å². The molecular formula is C11H15N3OS. The second-order valence-electron chi connectivity index (χ2n) is 3.98. The molecule has 0 aliphatic rings. The van der Waals surface area contributed by atoms with Crippen molar-refractivity contribution in [2.45, 2.75) is 33.4 Å². The van der Waals surface area contributed by atoms with Gasteiger partial charge in [-0.1, -0.05) is 25.2 Å². The van der Waals surface area contributed by atoms with Crippen molar-refractivity contribution in [2.24, 2.45) is 0 Å². The second-order valence-corrected chi connectivity index (χ2v) is 5.04. The van der Waals surface area contributed by atoms with Crippen molar-refractivity contribution in [2.75, 3.05) is 0 Å². The summed E-state index contributed by atoms with van der Waals surface area (Å²) in [7, 11) is 0. The van der Waals surface area contributed by atoms with Gasteiger partial charge in [0.25, 0.3) is 0 Å². The third-order valence-electron chi connectivity index (χ3n) is 2.11. The Kier molecular flexibility index (Phi) is 3.36. The zero-order valence-corrected chi connectivity index (χ0v) is 10.5. The third-order valence-corrected chi connectivity index (χ3v) is 3.08. The summed E-state index contributed by atoms with van der Waals surface area (Å²) in [4.78, 5) is 0. The SMILES string of the molecule is Cc1cc(-c2nnc(CNC(C)C)s2)co1. The Morgan fingerprint density at radius 1 is 1.44 bits per heavy atom. The molecule has 16 heavy (non-hydrogen) atoms. The monoisotopic (exact) mass is 237 g/mol. The summed E-state index contributed by atoms with van der Waals surface area (Å²) in [6.45, 7) is 6.92. The lowest BCUT2D eigenvalue weighted by Crippen LogP contribution is -2.21. The molecule has 0 saturated heterocycles. The molecule has 0 fully saturated rings. The van der Waals surface area contributed by atoms with Crippen molar-refractivity contribution in [1.82, 2.24) is 15.5 Å². The van der Waals surface area contributed by atoms with Gasteiger partial charge in [-0.25, -0.2) is 0 Å². The molecule has 2 rings (SSSR count). The smallest absolute Gasteiger partial charge is 0.151 e. The number of nitrogens with zero attached hydrogens (tertiary/aromatic N) is 2. The molecule has 2 aromatic rings. The molecule has 0 aliphatic heterocycles. The first-order valence-corrected chi connectivity index (χ1v) is 6.08. The highest BCUT2D eigenvalue weighted by molar-refractivity contribution is 7.14. The quantitative estimate of drug-likeness (QED) is 0.888.